The third-order valence-electron chi connectivity index (χ3n) is 2.74. The first-order valence-corrected chi connectivity index (χ1v) is 5.72. The van der Waals surface area contributed by atoms with Crippen molar-refractivity contribution in [1.82, 2.24) is 0 Å². The first-order chi connectivity index (χ1) is 7.02. The number of nitrogens with one attached hydrogen (secondary N) is 1. The summed E-state index contributed by atoms with van der Waals surface area (Å²) < 4.78 is 0. The highest BCUT2D eigenvalue weighted by Gasteiger charge is 2.28. The van der Waals surface area contributed by atoms with Crippen LogP contribution >= 0.6 is 11.6 Å². The van der Waals surface area contributed by atoms with E-state index in [1.165, 1.54) is 11.4 Å². The third kappa shape index (κ3) is 2.05. The topological polar surface area (TPSA) is 15.3 Å². The highest BCUT2D eigenvalue weighted by Crippen LogP contribution is 2.35. The Morgan fingerprint density at radius 2 is 2.20 bits per heavy atom. The zero-order valence-electron chi connectivity index (χ0n) is 9.47. The molecule has 0 saturated carbocycles. The van der Waals surface area contributed by atoms with Gasteiger partial charge in [0.1, 0.15) is 0 Å². The van der Waals surface area contributed by atoms with E-state index in [1.807, 2.05) is 12.1 Å². The first-order valence-electron chi connectivity index (χ1n) is 5.34. The maximum absolute atomic E-state index is 6.02. The van der Waals surface area contributed by atoms with Crippen LogP contribution in [0.5, 0.6) is 0 Å². The van der Waals surface area contributed by atoms with Crippen molar-refractivity contribution in [3.05, 3.63) is 23.2 Å². The van der Waals surface area contributed by atoms with Crippen molar-refractivity contribution in [2.75, 3.05) is 23.3 Å². The minimum atomic E-state index is 0.122. The maximum Gasteiger partial charge on any atom is 0.0617 e. The number of halogens is 1. The Balaban J connectivity index is 2.44. The van der Waals surface area contributed by atoms with Crippen LogP contribution in [0.1, 0.15) is 20.8 Å². The first kappa shape index (κ1) is 10.6. The van der Waals surface area contributed by atoms with Crippen molar-refractivity contribution in [3.8, 4) is 0 Å². The van der Waals surface area contributed by atoms with Gasteiger partial charge in [-0.2, -0.15) is 0 Å². The summed E-state index contributed by atoms with van der Waals surface area (Å²) in [5, 5.41) is 4.33. The lowest BCUT2D eigenvalue weighted by molar-refractivity contribution is 0.537. The van der Waals surface area contributed by atoms with Crippen LogP contribution in [0.25, 0.3) is 0 Å². The quantitative estimate of drug-likeness (QED) is 0.787. The summed E-state index contributed by atoms with van der Waals surface area (Å²) in [6.07, 6.45) is 0. The highest BCUT2D eigenvalue weighted by molar-refractivity contribution is 6.31. The lowest BCUT2D eigenvalue weighted by atomic mass is 9.99. The molecule has 1 N–H and O–H groups in total. The zero-order valence-corrected chi connectivity index (χ0v) is 10.2. The van der Waals surface area contributed by atoms with E-state index in [9.17, 15) is 0 Å². The summed E-state index contributed by atoms with van der Waals surface area (Å²) in [7, 11) is 0. The minimum Gasteiger partial charge on any atom is -0.377 e. The van der Waals surface area contributed by atoms with Crippen LogP contribution in [-0.4, -0.2) is 18.6 Å². The number of anilines is 2. The molecule has 0 unspecified atom stereocenters. The maximum atomic E-state index is 6.02. The van der Waals surface area contributed by atoms with E-state index in [0.29, 0.717) is 0 Å². The predicted molar refractivity (Wildman–Crippen MR) is 67.0 cm³/mol. The van der Waals surface area contributed by atoms with Crippen LogP contribution in [0.2, 0.25) is 5.02 Å². The van der Waals surface area contributed by atoms with Gasteiger partial charge in [0, 0.05) is 23.7 Å². The van der Waals surface area contributed by atoms with Crippen LogP contribution in [0.15, 0.2) is 18.2 Å². The van der Waals surface area contributed by atoms with E-state index in [4.69, 9.17) is 11.6 Å². The van der Waals surface area contributed by atoms with Crippen molar-refractivity contribution in [2.45, 2.75) is 26.3 Å². The van der Waals surface area contributed by atoms with Gasteiger partial charge >= 0.3 is 0 Å². The molecule has 1 aromatic carbocycles. The number of hydrogen-bond donors (Lipinski definition) is 1. The van der Waals surface area contributed by atoms with Crippen LogP contribution in [-0.2, 0) is 0 Å². The fourth-order valence-electron chi connectivity index (χ4n) is 2.12. The molecular weight excluding hydrogens is 208 g/mol. The van der Waals surface area contributed by atoms with E-state index >= 15 is 0 Å². The molecule has 0 aromatic heterocycles. The van der Waals surface area contributed by atoms with Crippen LogP contribution < -0.4 is 10.2 Å². The number of likely N-dealkylation sites (N-methyl/N-ethyl adjacent to an activating group) is 1. The van der Waals surface area contributed by atoms with Gasteiger partial charge in [-0.3, -0.25) is 0 Å². The standard InChI is InChI=1S/C12H17ClN2/c1-4-15-8-12(2,3)14-10-6-5-9(13)7-11(10)15/h5-7,14H,4,8H2,1-3H3. The van der Waals surface area contributed by atoms with E-state index in [-0.39, 0.29) is 5.54 Å². The lowest BCUT2D eigenvalue weighted by Crippen LogP contribution is -2.48. The van der Waals surface area contributed by atoms with Crippen LogP contribution in [0.4, 0.5) is 11.4 Å². The molecule has 0 saturated heterocycles. The Bertz CT molecular complexity index is 374. The van der Waals surface area contributed by atoms with Crippen molar-refractivity contribution in [1.29, 1.82) is 0 Å². The number of hydrogen-bond acceptors (Lipinski definition) is 2. The van der Waals surface area contributed by atoms with Crippen molar-refractivity contribution in [3.63, 3.8) is 0 Å². The van der Waals surface area contributed by atoms with Gasteiger partial charge in [-0.25, -0.2) is 0 Å². The molecule has 1 aromatic rings. The summed E-state index contributed by atoms with van der Waals surface area (Å²) in [4.78, 5) is 2.36. The van der Waals surface area contributed by atoms with Gasteiger partial charge in [-0.05, 0) is 39.0 Å². The largest absolute Gasteiger partial charge is 0.377 e. The number of nitrogens with zero attached hydrogens (tertiary/aromatic N) is 1. The Morgan fingerprint density at radius 3 is 2.87 bits per heavy atom. The summed E-state index contributed by atoms with van der Waals surface area (Å²) in [6.45, 7) is 8.63. The lowest BCUT2D eigenvalue weighted by Gasteiger charge is -2.41. The van der Waals surface area contributed by atoms with Gasteiger partial charge in [-0.1, -0.05) is 11.6 Å². The van der Waals surface area contributed by atoms with E-state index < -0.39 is 0 Å². The Hall–Kier alpha value is -0.890. The van der Waals surface area contributed by atoms with E-state index in [2.05, 4.69) is 37.1 Å². The fraction of sp³-hybridized carbons (Fsp3) is 0.500. The van der Waals surface area contributed by atoms with Gasteiger partial charge in [0.05, 0.1) is 11.4 Å². The van der Waals surface area contributed by atoms with Gasteiger partial charge in [-0.15, -0.1) is 0 Å². The molecular formula is C12H17ClN2. The molecule has 0 atom stereocenters. The van der Waals surface area contributed by atoms with Crippen molar-refractivity contribution in [2.24, 2.45) is 0 Å². The molecule has 3 heteroatoms. The van der Waals surface area contributed by atoms with Crippen molar-refractivity contribution >= 4 is 23.0 Å². The SMILES string of the molecule is CCN1CC(C)(C)Nc2ccc(Cl)cc21. The molecule has 0 spiro atoms. The second-order valence-electron chi connectivity index (χ2n) is 4.68. The molecule has 82 valence electrons. The van der Waals surface area contributed by atoms with Crippen LogP contribution in [0.3, 0.4) is 0 Å². The number of benzene rings is 1. The fourth-order valence-corrected chi connectivity index (χ4v) is 2.29. The second-order valence-corrected chi connectivity index (χ2v) is 5.12. The third-order valence-corrected chi connectivity index (χ3v) is 2.98. The van der Waals surface area contributed by atoms with Crippen LogP contribution in [0, 0.1) is 0 Å². The average Bonchev–Trinajstić information content (AvgIpc) is 2.16. The highest BCUT2D eigenvalue weighted by atomic mass is 35.5. The average molecular weight is 225 g/mol. The number of rotatable bonds is 1. The van der Waals surface area contributed by atoms with E-state index in [1.54, 1.807) is 0 Å². The van der Waals surface area contributed by atoms with Gasteiger partial charge < -0.3 is 10.2 Å². The summed E-state index contributed by atoms with van der Waals surface area (Å²) in [5.74, 6) is 0. The summed E-state index contributed by atoms with van der Waals surface area (Å²) in [5.41, 5.74) is 2.51. The summed E-state index contributed by atoms with van der Waals surface area (Å²) in [6, 6.07) is 6.02. The Kier molecular flexibility index (Phi) is 2.55. The molecule has 0 bridgehead atoms. The second kappa shape index (κ2) is 3.60. The van der Waals surface area contributed by atoms with Gasteiger partial charge in [0.15, 0.2) is 0 Å². The minimum absolute atomic E-state index is 0.122. The van der Waals surface area contributed by atoms with Gasteiger partial charge in [0.2, 0.25) is 0 Å². The molecule has 0 fully saturated rings. The summed E-state index contributed by atoms with van der Waals surface area (Å²) >= 11 is 6.02. The number of fused-ring (bicyclic) bond motifs is 1. The molecule has 2 rings (SSSR count). The molecule has 0 aliphatic carbocycles. The molecule has 15 heavy (non-hydrogen) atoms. The Labute approximate surface area is 96.2 Å². The monoisotopic (exact) mass is 224 g/mol. The molecule has 1 heterocycles. The van der Waals surface area contributed by atoms with E-state index in [0.717, 1.165) is 18.1 Å². The normalized spacial score (nSPS) is 18.3. The smallest absolute Gasteiger partial charge is 0.0617 e. The molecule has 1 aliphatic rings. The van der Waals surface area contributed by atoms with Crippen molar-refractivity contribution < 1.29 is 0 Å². The molecule has 1 aliphatic heterocycles. The Morgan fingerprint density at radius 1 is 1.47 bits per heavy atom. The van der Waals surface area contributed by atoms with Gasteiger partial charge in [0.25, 0.3) is 0 Å². The molecule has 0 amide bonds. The predicted octanol–water partition coefficient (Wildman–Crippen LogP) is 3.37. The molecule has 0 radical (unpaired) electrons. The zero-order chi connectivity index (χ0) is 11.1. The molecule has 2 nitrogen and oxygen atoms in total.